The number of halogens is 1. The highest BCUT2D eigenvalue weighted by molar-refractivity contribution is 5.85. The summed E-state index contributed by atoms with van der Waals surface area (Å²) in [6.07, 6.45) is 1.97. The molecule has 4 N–H and O–H groups in total. The van der Waals surface area contributed by atoms with Crippen molar-refractivity contribution in [3.63, 3.8) is 0 Å². The molecule has 0 bridgehead atoms. The molecule has 2 atom stereocenters. The van der Waals surface area contributed by atoms with Crippen molar-refractivity contribution in [3.05, 3.63) is 35.9 Å². The van der Waals surface area contributed by atoms with E-state index in [1.165, 1.54) is 0 Å². The Morgan fingerprint density at radius 1 is 1.18 bits per heavy atom. The first-order chi connectivity index (χ1) is 10.1. The molecule has 0 heterocycles. The topological polar surface area (TPSA) is 84.2 Å². The van der Waals surface area contributed by atoms with Gasteiger partial charge in [-0.1, -0.05) is 37.3 Å². The molecule has 2 unspecified atom stereocenters. The molecular formula is C16H24ClN3O2. The van der Waals surface area contributed by atoms with Crippen LogP contribution in [0, 0.1) is 11.8 Å². The van der Waals surface area contributed by atoms with E-state index in [-0.39, 0.29) is 42.1 Å². The molecule has 1 aliphatic rings. The molecule has 6 heteroatoms. The molecule has 5 nitrogen and oxygen atoms in total. The van der Waals surface area contributed by atoms with Crippen LogP contribution >= 0.6 is 12.4 Å². The van der Waals surface area contributed by atoms with E-state index < -0.39 is 0 Å². The average Bonchev–Trinajstić information content (AvgIpc) is 3.35. The average molecular weight is 326 g/mol. The molecule has 0 aromatic heterocycles. The smallest absolute Gasteiger partial charge is 0.224 e. The normalized spacial score (nSPS) is 16.1. The van der Waals surface area contributed by atoms with Crippen LogP contribution in [0.3, 0.4) is 0 Å². The first-order valence-corrected chi connectivity index (χ1v) is 7.45. The fourth-order valence-electron chi connectivity index (χ4n) is 2.15. The summed E-state index contributed by atoms with van der Waals surface area (Å²) >= 11 is 0. The van der Waals surface area contributed by atoms with Gasteiger partial charge in [0.1, 0.15) is 0 Å². The van der Waals surface area contributed by atoms with Gasteiger partial charge in [-0.3, -0.25) is 9.59 Å². The molecule has 1 saturated carbocycles. The minimum absolute atomic E-state index is 0. The van der Waals surface area contributed by atoms with Gasteiger partial charge in [-0.15, -0.1) is 12.4 Å². The van der Waals surface area contributed by atoms with E-state index in [1.54, 1.807) is 0 Å². The number of rotatable bonds is 7. The van der Waals surface area contributed by atoms with Crippen molar-refractivity contribution >= 4 is 24.2 Å². The summed E-state index contributed by atoms with van der Waals surface area (Å²) in [7, 11) is 0. The van der Waals surface area contributed by atoms with Crippen molar-refractivity contribution in [2.45, 2.75) is 25.8 Å². The Bertz CT molecular complexity index is 491. The highest BCUT2D eigenvalue weighted by Crippen LogP contribution is 2.28. The molecule has 1 fully saturated rings. The molecule has 1 aromatic rings. The predicted octanol–water partition coefficient (Wildman–Crippen LogP) is 1.39. The number of carbonyl (C=O) groups is 2. The maximum atomic E-state index is 12.0. The number of amides is 2. The fourth-order valence-corrected chi connectivity index (χ4v) is 2.15. The number of carbonyl (C=O) groups excluding carboxylic acids is 2. The van der Waals surface area contributed by atoms with Crippen LogP contribution < -0.4 is 16.4 Å². The zero-order chi connectivity index (χ0) is 15.2. The summed E-state index contributed by atoms with van der Waals surface area (Å²) in [5, 5.41) is 5.63. The van der Waals surface area contributed by atoms with Crippen LogP contribution in [-0.4, -0.2) is 24.9 Å². The summed E-state index contributed by atoms with van der Waals surface area (Å²) in [5.74, 6) is -0.108. The Labute approximate surface area is 137 Å². The van der Waals surface area contributed by atoms with Crippen LogP contribution in [0.15, 0.2) is 30.3 Å². The van der Waals surface area contributed by atoms with Gasteiger partial charge in [-0.2, -0.15) is 0 Å². The number of hydrogen-bond acceptors (Lipinski definition) is 3. The number of nitrogens with two attached hydrogens (primary N) is 1. The van der Waals surface area contributed by atoms with Gasteiger partial charge >= 0.3 is 0 Å². The monoisotopic (exact) mass is 325 g/mol. The third-order valence-electron chi connectivity index (χ3n) is 3.81. The predicted molar refractivity (Wildman–Crippen MR) is 88.5 cm³/mol. The Morgan fingerprint density at radius 2 is 1.77 bits per heavy atom. The van der Waals surface area contributed by atoms with Crippen molar-refractivity contribution in [2.24, 2.45) is 17.6 Å². The Hall–Kier alpha value is -1.59. The minimum atomic E-state index is -0.327. The van der Waals surface area contributed by atoms with Crippen molar-refractivity contribution in [1.82, 2.24) is 10.6 Å². The zero-order valence-corrected chi connectivity index (χ0v) is 13.6. The lowest BCUT2D eigenvalue weighted by atomic mass is 9.95. The molecule has 0 saturated heterocycles. The van der Waals surface area contributed by atoms with Crippen molar-refractivity contribution in [2.75, 3.05) is 13.1 Å². The van der Waals surface area contributed by atoms with Crippen LogP contribution in [0.25, 0.3) is 0 Å². The van der Waals surface area contributed by atoms with Gasteiger partial charge in [-0.05, 0) is 18.4 Å². The van der Waals surface area contributed by atoms with Gasteiger partial charge in [0, 0.05) is 25.0 Å². The lowest BCUT2D eigenvalue weighted by Crippen LogP contribution is -2.40. The Morgan fingerprint density at radius 3 is 2.36 bits per heavy atom. The van der Waals surface area contributed by atoms with Gasteiger partial charge in [0.2, 0.25) is 11.8 Å². The second kappa shape index (κ2) is 8.76. The van der Waals surface area contributed by atoms with Crippen molar-refractivity contribution in [3.8, 4) is 0 Å². The summed E-state index contributed by atoms with van der Waals surface area (Å²) in [4.78, 5) is 23.5. The van der Waals surface area contributed by atoms with Crippen LogP contribution in [-0.2, 0) is 9.59 Å². The summed E-state index contributed by atoms with van der Waals surface area (Å²) in [5.41, 5.74) is 7.06. The van der Waals surface area contributed by atoms with E-state index in [9.17, 15) is 9.59 Å². The second-order valence-electron chi connectivity index (χ2n) is 5.58. The molecular weight excluding hydrogens is 302 g/mol. The summed E-state index contributed by atoms with van der Waals surface area (Å²) < 4.78 is 0. The molecule has 2 amide bonds. The summed E-state index contributed by atoms with van der Waals surface area (Å²) in [6, 6.07) is 9.26. The molecule has 122 valence electrons. The van der Waals surface area contributed by atoms with Crippen LogP contribution in [0.4, 0.5) is 0 Å². The van der Waals surface area contributed by atoms with E-state index in [1.807, 2.05) is 37.3 Å². The van der Waals surface area contributed by atoms with Crippen molar-refractivity contribution in [1.29, 1.82) is 0 Å². The van der Waals surface area contributed by atoms with E-state index in [4.69, 9.17) is 5.73 Å². The first kappa shape index (κ1) is 18.5. The van der Waals surface area contributed by atoms with Gasteiger partial charge in [0.15, 0.2) is 0 Å². The Kier molecular flexibility index (Phi) is 7.35. The van der Waals surface area contributed by atoms with Gasteiger partial charge in [0.05, 0.1) is 5.92 Å². The lowest BCUT2D eigenvalue weighted by molar-refractivity contribution is -0.126. The van der Waals surface area contributed by atoms with E-state index in [0.29, 0.717) is 13.1 Å². The fraction of sp³-hybridized carbons (Fsp3) is 0.500. The molecule has 0 aliphatic heterocycles. The Balaban J connectivity index is 0.00000242. The number of benzene rings is 1. The quantitative estimate of drug-likeness (QED) is 0.662. The molecule has 1 aliphatic carbocycles. The van der Waals surface area contributed by atoms with E-state index in [2.05, 4.69) is 10.6 Å². The number of nitrogens with one attached hydrogen (secondary N) is 2. The van der Waals surface area contributed by atoms with E-state index in [0.717, 1.165) is 18.4 Å². The molecule has 0 radical (unpaired) electrons. The first-order valence-electron chi connectivity index (χ1n) is 7.45. The number of hydrogen-bond donors (Lipinski definition) is 3. The standard InChI is InChI=1S/C16H23N3O2.ClH/c1-11(14(17)12-5-3-2-4-6-12)15(20)18-9-10-19-16(21)13-7-8-13;/h2-6,11,13-14H,7-10,17H2,1H3,(H,18,20)(H,19,21);1H. The third-order valence-corrected chi connectivity index (χ3v) is 3.81. The maximum absolute atomic E-state index is 12.0. The second-order valence-corrected chi connectivity index (χ2v) is 5.58. The zero-order valence-electron chi connectivity index (χ0n) is 12.7. The van der Waals surface area contributed by atoms with Crippen molar-refractivity contribution < 1.29 is 9.59 Å². The van der Waals surface area contributed by atoms with Gasteiger partial charge < -0.3 is 16.4 Å². The molecule has 1 aromatic carbocycles. The van der Waals surface area contributed by atoms with Gasteiger partial charge in [0.25, 0.3) is 0 Å². The highest BCUT2D eigenvalue weighted by Gasteiger charge is 2.29. The van der Waals surface area contributed by atoms with E-state index >= 15 is 0 Å². The third kappa shape index (κ3) is 5.31. The molecule has 0 spiro atoms. The molecule has 2 rings (SSSR count). The van der Waals surface area contributed by atoms with Crippen LogP contribution in [0.5, 0.6) is 0 Å². The van der Waals surface area contributed by atoms with Gasteiger partial charge in [-0.25, -0.2) is 0 Å². The highest BCUT2D eigenvalue weighted by atomic mass is 35.5. The minimum Gasteiger partial charge on any atom is -0.354 e. The largest absolute Gasteiger partial charge is 0.354 e. The maximum Gasteiger partial charge on any atom is 0.224 e. The van der Waals surface area contributed by atoms with Crippen LogP contribution in [0.1, 0.15) is 31.4 Å². The lowest BCUT2D eigenvalue weighted by Gasteiger charge is -2.19. The van der Waals surface area contributed by atoms with Crippen LogP contribution in [0.2, 0.25) is 0 Å². The molecule has 22 heavy (non-hydrogen) atoms. The summed E-state index contributed by atoms with van der Waals surface area (Å²) in [6.45, 7) is 2.72. The SMILES string of the molecule is CC(C(=O)NCCNC(=O)C1CC1)C(N)c1ccccc1.Cl.